The maximum atomic E-state index is 12.1. The first-order valence-corrected chi connectivity index (χ1v) is 9.70. The van der Waals surface area contributed by atoms with Crippen LogP contribution in [0.2, 0.25) is 0 Å². The second-order valence-electron chi connectivity index (χ2n) is 6.42. The number of nitrogens with zero attached hydrogens (tertiary/aromatic N) is 3. The van der Waals surface area contributed by atoms with Crippen LogP contribution in [0.5, 0.6) is 0 Å². The normalized spacial score (nSPS) is 15.0. The molecule has 0 saturated heterocycles. The first kappa shape index (κ1) is 17.7. The molecule has 0 atom stereocenters. The molecule has 6 nitrogen and oxygen atoms in total. The predicted octanol–water partition coefficient (Wildman–Crippen LogP) is 4.51. The number of carbonyl (C=O) groups is 1. The highest BCUT2D eigenvalue weighted by Crippen LogP contribution is 2.29. The number of urea groups is 1. The molecule has 0 spiro atoms. The van der Waals surface area contributed by atoms with Crippen LogP contribution in [0.1, 0.15) is 44.6 Å². The number of nitrogens with one attached hydrogen (secondary N) is 2. The van der Waals surface area contributed by atoms with Gasteiger partial charge in [0, 0.05) is 18.8 Å². The van der Waals surface area contributed by atoms with E-state index in [4.69, 9.17) is 0 Å². The van der Waals surface area contributed by atoms with Crippen LogP contribution in [0.3, 0.4) is 0 Å². The van der Waals surface area contributed by atoms with Gasteiger partial charge in [-0.15, -0.1) is 10.2 Å². The van der Waals surface area contributed by atoms with Crippen molar-refractivity contribution < 1.29 is 4.79 Å². The summed E-state index contributed by atoms with van der Waals surface area (Å²) in [4.78, 5) is 14.3. The highest BCUT2D eigenvalue weighted by molar-refractivity contribution is 7.19. The molecule has 134 valence electrons. The fourth-order valence-electron chi connectivity index (χ4n) is 3.12. The van der Waals surface area contributed by atoms with Gasteiger partial charge >= 0.3 is 6.03 Å². The van der Waals surface area contributed by atoms with Gasteiger partial charge in [-0.25, -0.2) is 4.79 Å². The number of hydrogen-bond donors (Lipinski definition) is 2. The summed E-state index contributed by atoms with van der Waals surface area (Å²) in [5.74, 6) is 0. The number of hydrogen-bond acceptors (Lipinski definition) is 5. The number of amides is 2. The summed E-state index contributed by atoms with van der Waals surface area (Å²) in [7, 11) is 2.07. The Hall–Kier alpha value is -2.15. The van der Waals surface area contributed by atoms with Crippen LogP contribution in [-0.2, 0) is 6.42 Å². The van der Waals surface area contributed by atoms with Crippen molar-refractivity contribution in [1.82, 2.24) is 10.2 Å². The van der Waals surface area contributed by atoms with Gasteiger partial charge < -0.3 is 10.2 Å². The molecule has 25 heavy (non-hydrogen) atoms. The molecule has 3 rings (SSSR count). The molecule has 1 heterocycles. The molecule has 1 aliphatic carbocycles. The van der Waals surface area contributed by atoms with Crippen molar-refractivity contribution >= 4 is 33.3 Å². The Kier molecular flexibility index (Phi) is 5.86. The zero-order chi connectivity index (χ0) is 17.6. The van der Waals surface area contributed by atoms with Crippen molar-refractivity contribution in [2.24, 2.45) is 0 Å². The third-order valence-electron chi connectivity index (χ3n) is 4.68. The van der Waals surface area contributed by atoms with E-state index in [0.717, 1.165) is 17.2 Å². The van der Waals surface area contributed by atoms with E-state index >= 15 is 0 Å². The van der Waals surface area contributed by atoms with E-state index in [-0.39, 0.29) is 6.03 Å². The predicted molar refractivity (Wildman–Crippen MR) is 104 cm³/mol. The van der Waals surface area contributed by atoms with Crippen LogP contribution in [0.25, 0.3) is 0 Å². The molecule has 1 aliphatic rings. The highest BCUT2D eigenvalue weighted by atomic mass is 32.1. The molecule has 1 saturated carbocycles. The number of anilines is 3. The SMILES string of the molecule is CCc1ccc(NC(=O)Nc2nnc(N(C)C3CCCCC3)s2)cc1. The lowest BCUT2D eigenvalue weighted by Gasteiger charge is -2.30. The van der Waals surface area contributed by atoms with E-state index in [1.165, 1.54) is 49.0 Å². The summed E-state index contributed by atoms with van der Waals surface area (Å²) in [6.45, 7) is 2.10. The number of carbonyl (C=O) groups excluding carboxylic acids is 1. The molecule has 0 aliphatic heterocycles. The molecule has 0 radical (unpaired) electrons. The fraction of sp³-hybridized carbons (Fsp3) is 0.500. The second kappa shape index (κ2) is 8.29. The molecule has 2 N–H and O–H groups in total. The average molecular weight is 359 g/mol. The molecule has 7 heteroatoms. The Morgan fingerprint density at radius 2 is 1.88 bits per heavy atom. The monoisotopic (exact) mass is 359 g/mol. The molecular weight excluding hydrogens is 334 g/mol. The lowest BCUT2D eigenvalue weighted by atomic mass is 9.95. The van der Waals surface area contributed by atoms with Gasteiger partial charge in [0.2, 0.25) is 10.3 Å². The molecule has 0 bridgehead atoms. The number of aromatic nitrogens is 2. The Balaban J connectivity index is 1.55. The fourth-order valence-corrected chi connectivity index (χ4v) is 3.89. The second-order valence-corrected chi connectivity index (χ2v) is 7.38. The zero-order valence-electron chi connectivity index (χ0n) is 14.8. The molecule has 1 fully saturated rings. The van der Waals surface area contributed by atoms with Crippen molar-refractivity contribution in [3.8, 4) is 0 Å². The summed E-state index contributed by atoms with van der Waals surface area (Å²) in [5, 5.41) is 15.3. The summed E-state index contributed by atoms with van der Waals surface area (Å²) in [6, 6.07) is 8.06. The summed E-state index contributed by atoms with van der Waals surface area (Å²) < 4.78 is 0. The minimum atomic E-state index is -0.299. The van der Waals surface area contributed by atoms with Gasteiger partial charge in [0.25, 0.3) is 0 Å². The van der Waals surface area contributed by atoms with E-state index < -0.39 is 0 Å². The standard InChI is InChI=1S/C18H25N5OS/c1-3-13-9-11-14(12-10-13)19-16(24)20-17-21-22-18(25-17)23(2)15-7-5-4-6-8-15/h9-12,15H,3-8H2,1-2H3,(H2,19,20,21,24). The van der Waals surface area contributed by atoms with Crippen molar-refractivity contribution in [2.75, 3.05) is 22.6 Å². The molecule has 2 aromatic rings. The van der Waals surface area contributed by atoms with Gasteiger partial charge in [-0.1, -0.05) is 49.7 Å². The molecule has 2 amide bonds. The Labute approximate surface area is 152 Å². The Morgan fingerprint density at radius 1 is 1.16 bits per heavy atom. The molecule has 0 unspecified atom stereocenters. The van der Waals surface area contributed by atoms with Crippen LogP contribution in [0.4, 0.5) is 20.7 Å². The number of rotatable bonds is 5. The Morgan fingerprint density at radius 3 is 2.56 bits per heavy atom. The topological polar surface area (TPSA) is 70.1 Å². The van der Waals surface area contributed by atoms with Crippen molar-refractivity contribution in [1.29, 1.82) is 0 Å². The van der Waals surface area contributed by atoms with Gasteiger partial charge in [-0.2, -0.15) is 0 Å². The Bertz CT molecular complexity index is 694. The van der Waals surface area contributed by atoms with Crippen molar-refractivity contribution in [2.45, 2.75) is 51.5 Å². The van der Waals surface area contributed by atoms with Crippen LogP contribution in [-0.4, -0.2) is 29.3 Å². The van der Waals surface area contributed by atoms with Gasteiger partial charge in [0.05, 0.1) is 0 Å². The van der Waals surface area contributed by atoms with Crippen LogP contribution in [0.15, 0.2) is 24.3 Å². The average Bonchev–Trinajstić information content (AvgIpc) is 3.10. The number of aryl methyl sites for hydroxylation is 1. The van der Waals surface area contributed by atoms with E-state index in [1.807, 2.05) is 24.3 Å². The van der Waals surface area contributed by atoms with Gasteiger partial charge in [0.1, 0.15) is 0 Å². The molecule has 1 aromatic carbocycles. The van der Waals surface area contributed by atoms with Gasteiger partial charge in [-0.3, -0.25) is 5.32 Å². The van der Waals surface area contributed by atoms with Crippen molar-refractivity contribution in [3.63, 3.8) is 0 Å². The maximum absolute atomic E-state index is 12.1. The quantitative estimate of drug-likeness (QED) is 0.824. The van der Waals surface area contributed by atoms with E-state index in [2.05, 4.69) is 39.7 Å². The third kappa shape index (κ3) is 4.69. The van der Waals surface area contributed by atoms with Gasteiger partial charge in [0.15, 0.2) is 0 Å². The van der Waals surface area contributed by atoms with E-state index in [9.17, 15) is 4.79 Å². The van der Waals surface area contributed by atoms with Crippen LogP contribution < -0.4 is 15.5 Å². The third-order valence-corrected chi connectivity index (χ3v) is 5.61. The lowest BCUT2D eigenvalue weighted by molar-refractivity contribution is 0.262. The van der Waals surface area contributed by atoms with Gasteiger partial charge in [-0.05, 0) is 37.0 Å². The molecule has 1 aromatic heterocycles. The first-order valence-electron chi connectivity index (χ1n) is 8.89. The van der Waals surface area contributed by atoms with Crippen molar-refractivity contribution in [3.05, 3.63) is 29.8 Å². The lowest BCUT2D eigenvalue weighted by Crippen LogP contribution is -2.33. The zero-order valence-corrected chi connectivity index (χ0v) is 15.6. The molecular formula is C18H25N5OS. The summed E-state index contributed by atoms with van der Waals surface area (Å²) in [5.41, 5.74) is 2.00. The first-order chi connectivity index (χ1) is 12.2. The minimum Gasteiger partial charge on any atom is -0.347 e. The number of benzene rings is 1. The maximum Gasteiger partial charge on any atom is 0.325 e. The van der Waals surface area contributed by atoms with Crippen LogP contribution in [0, 0.1) is 0 Å². The van der Waals surface area contributed by atoms with Crippen LogP contribution >= 0.6 is 11.3 Å². The largest absolute Gasteiger partial charge is 0.347 e. The summed E-state index contributed by atoms with van der Waals surface area (Å²) >= 11 is 1.41. The van der Waals surface area contributed by atoms with E-state index in [1.54, 1.807) is 0 Å². The summed E-state index contributed by atoms with van der Waals surface area (Å²) in [6.07, 6.45) is 7.26. The highest BCUT2D eigenvalue weighted by Gasteiger charge is 2.21. The van der Waals surface area contributed by atoms with E-state index in [0.29, 0.717) is 11.2 Å². The smallest absolute Gasteiger partial charge is 0.325 e. The minimum absolute atomic E-state index is 0.299.